The molecule has 0 aromatic heterocycles. The normalized spacial score (nSPS) is 21.0. The summed E-state index contributed by atoms with van der Waals surface area (Å²) in [5, 5.41) is 0.763. The highest BCUT2D eigenvalue weighted by Crippen LogP contribution is 2.44. The number of carbonyl (C=O) groups excluding carboxylic acids is 1. The van der Waals surface area contributed by atoms with E-state index in [1.807, 2.05) is 24.0 Å². The van der Waals surface area contributed by atoms with Crippen LogP contribution in [-0.4, -0.2) is 42.9 Å². The van der Waals surface area contributed by atoms with Crippen molar-refractivity contribution in [3.05, 3.63) is 100 Å². The molecule has 0 radical (unpaired) electrons. The molecule has 2 unspecified atom stereocenters. The summed E-state index contributed by atoms with van der Waals surface area (Å²) in [5.41, 5.74) is 8.34. The minimum Gasteiger partial charge on any atom is -0.448 e. The van der Waals surface area contributed by atoms with Crippen molar-refractivity contribution in [3.8, 4) is 11.1 Å². The van der Waals surface area contributed by atoms with Crippen molar-refractivity contribution in [2.24, 2.45) is 0 Å². The molecule has 2 atom stereocenters. The molecule has 1 aliphatic carbocycles. The molecule has 0 spiro atoms. The van der Waals surface area contributed by atoms with Crippen molar-refractivity contribution in [2.45, 2.75) is 31.3 Å². The van der Waals surface area contributed by atoms with Gasteiger partial charge in [-0.25, -0.2) is 4.79 Å². The van der Waals surface area contributed by atoms with Crippen molar-refractivity contribution >= 4 is 23.3 Å². The van der Waals surface area contributed by atoms with Gasteiger partial charge in [-0.3, -0.25) is 4.90 Å². The molecule has 4 nitrogen and oxygen atoms in total. The average Bonchev–Trinajstić information content (AvgIpc) is 3.17. The lowest BCUT2D eigenvalue weighted by molar-refractivity contribution is -0.0331. The average molecular weight is 472 g/mol. The van der Waals surface area contributed by atoms with Gasteiger partial charge in [0.25, 0.3) is 0 Å². The molecule has 2 bridgehead atoms. The third-order valence-corrected chi connectivity index (χ3v) is 7.77. The zero-order chi connectivity index (χ0) is 23.2. The monoisotopic (exact) mass is 471 g/mol. The fourth-order valence-electron chi connectivity index (χ4n) is 5.70. The highest BCUT2D eigenvalue weighted by Gasteiger charge is 2.40. The summed E-state index contributed by atoms with van der Waals surface area (Å²) in [7, 11) is 0. The zero-order valence-electron chi connectivity index (χ0n) is 19.0. The summed E-state index contributed by atoms with van der Waals surface area (Å²) in [6, 6.07) is 22.6. The van der Waals surface area contributed by atoms with E-state index in [0.717, 1.165) is 22.6 Å². The van der Waals surface area contributed by atoms with Crippen LogP contribution in [0.25, 0.3) is 16.7 Å². The van der Waals surface area contributed by atoms with Crippen molar-refractivity contribution in [2.75, 3.05) is 19.8 Å². The minimum atomic E-state index is -0.265. The molecule has 3 aliphatic rings. The topological polar surface area (TPSA) is 38.8 Å². The van der Waals surface area contributed by atoms with Crippen LogP contribution in [0.2, 0.25) is 5.02 Å². The van der Waals surface area contributed by atoms with Crippen LogP contribution in [0.3, 0.4) is 0 Å². The quantitative estimate of drug-likeness (QED) is 0.440. The summed E-state index contributed by atoms with van der Waals surface area (Å²) < 4.78 is 11.8. The van der Waals surface area contributed by atoms with Crippen LogP contribution in [0.5, 0.6) is 0 Å². The number of ether oxygens (including phenoxy) is 2. The first kappa shape index (κ1) is 21.5. The second kappa shape index (κ2) is 8.61. The van der Waals surface area contributed by atoms with Gasteiger partial charge >= 0.3 is 6.09 Å². The van der Waals surface area contributed by atoms with E-state index >= 15 is 0 Å². The first-order chi connectivity index (χ1) is 16.6. The third-order valence-electron chi connectivity index (χ3n) is 7.36. The van der Waals surface area contributed by atoms with E-state index < -0.39 is 0 Å². The Balaban J connectivity index is 1.23. The van der Waals surface area contributed by atoms with Gasteiger partial charge in [0, 0.05) is 10.9 Å². The number of nitrogens with zero attached hydrogens (tertiary/aromatic N) is 1. The number of fused-ring (bicyclic) bond motifs is 5. The first-order valence-corrected chi connectivity index (χ1v) is 12.2. The molecule has 3 aromatic carbocycles. The number of amides is 1. The Bertz CT molecular complexity index is 1250. The highest BCUT2D eigenvalue weighted by atomic mass is 35.5. The van der Waals surface area contributed by atoms with Crippen LogP contribution in [0.1, 0.15) is 34.6 Å². The summed E-state index contributed by atoms with van der Waals surface area (Å²) >= 11 is 6.37. The predicted octanol–water partition coefficient (Wildman–Crippen LogP) is 6.45. The molecular weight excluding hydrogens is 446 g/mol. The van der Waals surface area contributed by atoms with Gasteiger partial charge in [-0.15, -0.1) is 0 Å². The third kappa shape index (κ3) is 3.53. The molecule has 1 fully saturated rings. The summed E-state index contributed by atoms with van der Waals surface area (Å²) in [6.45, 7) is 3.36. The second-order valence-corrected chi connectivity index (χ2v) is 9.69. The molecule has 6 rings (SSSR count). The fraction of sp³-hybridized carbons (Fsp3) is 0.276. The molecule has 2 aliphatic heterocycles. The standard InChI is InChI=1S/C29H26ClNO3/c1-18-22(11-6-12-28(18)30)19-13-20-15-33-16-21(14-19)31(20)29(32)34-17-27-25-9-4-2-7-23(25)24-8-3-5-10-26(24)27/h2-13,20-21,27H,14-17H2,1H3. The van der Waals surface area contributed by atoms with Crippen molar-refractivity contribution < 1.29 is 14.3 Å². The zero-order valence-corrected chi connectivity index (χ0v) is 19.8. The lowest BCUT2D eigenvalue weighted by atomic mass is 9.88. The van der Waals surface area contributed by atoms with Gasteiger partial charge in [-0.2, -0.15) is 0 Å². The first-order valence-electron chi connectivity index (χ1n) is 11.8. The number of hydrogen-bond acceptors (Lipinski definition) is 3. The highest BCUT2D eigenvalue weighted by molar-refractivity contribution is 6.31. The minimum absolute atomic E-state index is 0.0483. The molecule has 0 N–H and O–H groups in total. The summed E-state index contributed by atoms with van der Waals surface area (Å²) in [5.74, 6) is 0.0532. The Morgan fingerprint density at radius 2 is 1.65 bits per heavy atom. The van der Waals surface area contributed by atoms with Crippen molar-refractivity contribution in [1.29, 1.82) is 0 Å². The molecule has 34 heavy (non-hydrogen) atoms. The van der Waals surface area contributed by atoms with Crippen LogP contribution in [-0.2, 0) is 9.47 Å². The number of morpholine rings is 1. The smallest absolute Gasteiger partial charge is 0.410 e. The van der Waals surface area contributed by atoms with E-state index in [1.54, 1.807) is 0 Å². The number of carbonyl (C=O) groups is 1. The van der Waals surface area contributed by atoms with Crippen LogP contribution in [0.4, 0.5) is 4.79 Å². The van der Waals surface area contributed by atoms with E-state index in [4.69, 9.17) is 21.1 Å². The van der Waals surface area contributed by atoms with Crippen LogP contribution < -0.4 is 0 Å². The lowest BCUT2D eigenvalue weighted by Crippen LogP contribution is -2.56. The number of hydrogen-bond donors (Lipinski definition) is 0. The van der Waals surface area contributed by atoms with Gasteiger partial charge in [-0.1, -0.05) is 78.3 Å². The molecule has 172 valence electrons. The van der Waals surface area contributed by atoms with Crippen LogP contribution in [0, 0.1) is 6.92 Å². The van der Waals surface area contributed by atoms with Gasteiger partial charge in [0.2, 0.25) is 0 Å². The van der Waals surface area contributed by atoms with Crippen LogP contribution >= 0.6 is 11.6 Å². The maximum Gasteiger partial charge on any atom is 0.410 e. The van der Waals surface area contributed by atoms with E-state index in [-0.39, 0.29) is 24.1 Å². The number of rotatable bonds is 3. The number of benzene rings is 3. The molecule has 3 aromatic rings. The Morgan fingerprint density at radius 3 is 2.35 bits per heavy atom. The molecule has 1 saturated heterocycles. The van der Waals surface area contributed by atoms with E-state index in [0.29, 0.717) is 19.8 Å². The molecule has 1 amide bonds. The van der Waals surface area contributed by atoms with E-state index in [1.165, 1.54) is 27.8 Å². The van der Waals surface area contributed by atoms with Crippen molar-refractivity contribution in [1.82, 2.24) is 4.90 Å². The van der Waals surface area contributed by atoms with Crippen LogP contribution in [0.15, 0.2) is 72.8 Å². The summed E-state index contributed by atoms with van der Waals surface area (Å²) in [6.07, 6.45) is 2.61. The van der Waals surface area contributed by atoms with Gasteiger partial charge < -0.3 is 9.47 Å². The largest absolute Gasteiger partial charge is 0.448 e. The SMILES string of the molecule is Cc1c(Cl)cccc1C1=CC2COCC(C1)N2C(=O)OCC1c2ccccc2-c2ccccc21. The lowest BCUT2D eigenvalue weighted by Gasteiger charge is -2.44. The molecular formula is C29H26ClNO3. The Labute approximate surface area is 204 Å². The Kier molecular flexibility index (Phi) is 5.43. The van der Waals surface area contributed by atoms with Gasteiger partial charge in [0.15, 0.2) is 0 Å². The molecule has 5 heteroatoms. The van der Waals surface area contributed by atoms with Gasteiger partial charge in [-0.05, 0) is 58.4 Å². The molecule has 2 heterocycles. The summed E-state index contributed by atoms with van der Waals surface area (Å²) in [4.78, 5) is 15.2. The van der Waals surface area contributed by atoms with Gasteiger partial charge in [0.1, 0.15) is 6.61 Å². The molecule has 0 saturated carbocycles. The van der Waals surface area contributed by atoms with E-state index in [2.05, 4.69) is 60.7 Å². The maximum absolute atomic E-state index is 13.4. The fourth-order valence-corrected chi connectivity index (χ4v) is 5.88. The maximum atomic E-state index is 13.4. The Morgan fingerprint density at radius 1 is 0.971 bits per heavy atom. The predicted molar refractivity (Wildman–Crippen MR) is 134 cm³/mol. The Hall–Kier alpha value is -3.08. The van der Waals surface area contributed by atoms with Crippen molar-refractivity contribution in [3.63, 3.8) is 0 Å². The number of halogens is 1. The van der Waals surface area contributed by atoms with Gasteiger partial charge in [0.05, 0.1) is 25.3 Å². The van der Waals surface area contributed by atoms with E-state index in [9.17, 15) is 4.79 Å². The second-order valence-electron chi connectivity index (χ2n) is 9.28.